The fourth-order valence-corrected chi connectivity index (χ4v) is 2.16. The molecule has 2 aromatic rings. The first-order valence-corrected chi connectivity index (χ1v) is 6.86. The number of hydrogen-bond donors (Lipinski definition) is 3. The van der Waals surface area contributed by atoms with Crippen molar-refractivity contribution in [2.75, 3.05) is 24.7 Å². The van der Waals surface area contributed by atoms with E-state index in [-0.39, 0.29) is 12.5 Å². The molecule has 1 aromatic carbocycles. The van der Waals surface area contributed by atoms with E-state index in [1.807, 2.05) is 6.07 Å². The van der Waals surface area contributed by atoms with Gasteiger partial charge >= 0.3 is 0 Å². The number of nitrogens with one attached hydrogen (secondary N) is 2. The summed E-state index contributed by atoms with van der Waals surface area (Å²) in [7, 11) is 0. The number of rotatable bonds is 6. The first kappa shape index (κ1) is 12.9. The van der Waals surface area contributed by atoms with Gasteiger partial charge in [0.15, 0.2) is 0 Å². The molecule has 1 amide bonds. The zero-order valence-electron chi connectivity index (χ0n) is 9.85. The highest BCUT2D eigenvalue weighted by Crippen LogP contribution is 2.11. The van der Waals surface area contributed by atoms with Gasteiger partial charge in [-0.2, -0.15) is 11.8 Å². The van der Waals surface area contributed by atoms with Crippen molar-refractivity contribution < 1.29 is 9.90 Å². The van der Waals surface area contributed by atoms with Crippen molar-refractivity contribution in [2.24, 2.45) is 0 Å². The van der Waals surface area contributed by atoms with Gasteiger partial charge in [-0.25, -0.2) is 4.98 Å². The van der Waals surface area contributed by atoms with Gasteiger partial charge in [0.1, 0.15) is 0 Å². The SMILES string of the molecule is O=C(NCCSCCO)c1ccc2[nH]cnc2c1. The molecular formula is C12H15N3O2S. The first-order chi connectivity index (χ1) is 8.81. The third-order valence-corrected chi connectivity index (χ3v) is 3.42. The van der Waals surface area contributed by atoms with Gasteiger partial charge in [0, 0.05) is 23.6 Å². The fraction of sp³-hybridized carbons (Fsp3) is 0.333. The number of aliphatic hydroxyl groups is 1. The van der Waals surface area contributed by atoms with Gasteiger partial charge in [-0.15, -0.1) is 0 Å². The molecule has 18 heavy (non-hydrogen) atoms. The largest absolute Gasteiger partial charge is 0.396 e. The standard InChI is InChI=1S/C12H15N3O2S/c16-4-6-18-5-3-13-12(17)9-1-2-10-11(7-9)15-8-14-10/h1-2,7-8,16H,3-6H2,(H,13,17)(H,14,15). The Kier molecular flexibility index (Phi) is 4.60. The Hall–Kier alpha value is -1.53. The van der Waals surface area contributed by atoms with Crippen LogP contribution < -0.4 is 5.32 Å². The van der Waals surface area contributed by atoms with Crippen LogP contribution in [-0.2, 0) is 0 Å². The van der Waals surface area contributed by atoms with E-state index in [9.17, 15) is 4.79 Å². The third kappa shape index (κ3) is 3.24. The summed E-state index contributed by atoms with van der Waals surface area (Å²) >= 11 is 1.61. The van der Waals surface area contributed by atoms with E-state index < -0.39 is 0 Å². The molecule has 96 valence electrons. The van der Waals surface area contributed by atoms with Crippen molar-refractivity contribution >= 4 is 28.7 Å². The first-order valence-electron chi connectivity index (χ1n) is 5.71. The van der Waals surface area contributed by atoms with Crippen LogP contribution in [0.4, 0.5) is 0 Å². The van der Waals surface area contributed by atoms with Gasteiger partial charge in [0.2, 0.25) is 0 Å². The molecule has 0 aliphatic carbocycles. The smallest absolute Gasteiger partial charge is 0.251 e. The summed E-state index contributed by atoms with van der Waals surface area (Å²) < 4.78 is 0. The van der Waals surface area contributed by atoms with Crippen LogP contribution in [0, 0.1) is 0 Å². The van der Waals surface area contributed by atoms with E-state index in [0.29, 0.717) is 17.9 Å². The van der Waals surface area contributed by atoms with Gasteiger partial charge in [-0.05, 0) is 18.2 Å². The summed E-state index contributed by atoms with van der Waals surface area (Å²) in [5.74, 6) is 1.41. The lowest BCUT2D eigenvalue weighted by molar-refractivity contribution is 0.0956. The summed E-state index contributed by atoms with van der Waals surface area (Å²) in [6.07, 6.45) is 1.61. The Balaban J connectivity index is 1.88. The van der Waals surface area contributed by atoms with Gasteiger partial charge in [-0.1, -0.05) is 0 Å². The lowest BCUT2D eigenvalue weighted by atomic mass is 10.2. The number of aromatic amines is 1. The molecule has 0 saturated carbocycles. The summed E-state index contributed by atoms with van der Waals surface area (Å²) in [6, 6.07) is 5.39. The van der Waals surface area contributed by atoms with Crippen molar-refractivity contribution in [1.82, 2.24) is 15.3 Å². The quantitative estimate of drug-likeness (QED) is 0.681. The van der Waals surface area contributed by atoms with Crippen LogP contribution in [0.15, 0.2) is 24.5 Å². The number of imidazole rings is 1. The van der Waals surface area contributed by atoms with Gasteiger partial charge < -0.3 is 15.4 Å². The van der Waals surface area contributed by atoms with Crippen molar-refractivity contribution in [2.45, 2.75) is 0 Å². The second-order valence-electron chi connectivity index (χ2n) is 3.73. The minimum Gasteiger partial charge on any atom is -0.396 e. The summed E-state index contributed by atoms with van der Waals surface area (Å²) in [5, 5.41) is 11.5. The Morgan fingerprint density at radius 1 is 1.44 bits per heavy atom. The molecule has 0 aliphatic heterocycles. The van der Waals surface area contributed by atoms with Crippen LogP contribution in [0.5, 0.6) is 0 Å². The molecule has 0 saturated heterocycles. The van der Waals surface area contributed by atoms with E-state index in [2.05, 4.69) is 15.3 Å². The number of aliphatic hydroxyl groups excluding tert-OH is 1. The summed E-state index contributed by atoms with van der Waals surface area (Å²) in [4.78, 5) is 18.9. The van der Waals surface area contributed by atoms with E-state index >= 15 is 0 Å². The predicted molar refractivity (Wildman–Crippen MR) is 72.8 cm³/mol. The van der Waals surface area contributed by atoms with E-state index in [4.69, 9.17) is 5.11 Å². The Morgan fingerprint density at radius 2 is 2.33 bits per heavy atom. The van der Waals surface area contributed by atoms with Crippen molar-refractivity contribution in [3.8, 4) is 0 Å². The molecule has 0 radical (unpaired) electrons. The number of nitrogens with zero attached hydrogens (tertiary/aromatic N) is 1. The van der Waals surface area contributed by atoms with Crippen LogP contribution in [0.3, 0.4) is 0 Å². The average Bonchev–Trinajstić information content (AvgIpc) is 2.85. The molecule has 3 N–H and O–H groups in total. The maximum absolute atomic E-state index is 11.8. The Bertz CT molecular complexity index is 527. The minimum absolute atomic E-state index is 0.0931. The molecule has 0 fully saturated rings. The zero-order chi connectivity index (χ0) is 12.8. The van der Waals surface area contributed by atoms with Crippen LogP contribution >= 0.6 is 11.8 Å². The maximum atomic E-state index is 11.8. The van der Waals surface area contributed by atoms with Gasteiger partial charge in [0.05, 0.1) is 24.0 Å². The Labute approximate surface area is 109 Å². The molecule has 1 heterocycles. The monoisotopic (exact) mass is 265 g/mol. The lowest BCUT2D eigenvalue weighted by Crippen LogP contribution is -2.25. The number of benzene rings is 1. The van der Waals surface area contributed by atoms with E-state index in [0.717, 1.165) is 16.8 Å². The van der Waals surface area contributed by atoms with Crippen LogP contribution in [0.2, 0.25) is 0 Å². The molecule has 0 bridgehead atoms. The molecular weight excluding hydrogens is 250 g/mol. The lowest BCUT2D eigenvalue weighted by Gasteiger charge is -2.04. The molecule has 0 unspecified atom stereocenters. The van der Waals surface area contributed by atoms with Crippen LogP contribution in [0.1, 0.15) is 10.4 Å². The number of carbonyl (C=O) groups is 1. The summed E-state index contributed by atoms with van der Waals surface area (Å²) in [6.45, 7) is 0.774. The minimum atomic E-state index is -0.0931. The number of fused-ring (bicyclic) bond motifs is 1. The second kappa shape index (κ2) is 6.42. The highest BCUT2D eigenvalue weighted by atomic mass is 32.2. The number of hydrogen-bond acceptors (Lipinski definition) is 4. The molecule has 5 nitrogen and oxygen atoms in total. The highest BCUT2D eigenvalue weighted by molar-refractivity contribution is 7.99. The van der Waals surface area contributed by atoms with E-state index in [1.54, 1.807) is 30.2 Å². The molecule has 0 aliphatic rings. The average molecular weight is 265 g/mol. The predicted octanol–water partition coefficient (Wildman–Crippen LogP) is 1.02. The number of aromatic nitrogens is 2. The maximum Gasteiger partial charge on any atom is 0.251 e. The normalized spacial score (nSPS) is 10.7. The molecule has 2 rings (SSSR count). The molecule has 0 spiro atoms. The molecule has 1 aromatic heterocycles. The third-order valence-electron chi connectivity index (χ3n) is 2.45. The molecule has 0 atom stereocenters. The number of H-pyrrole nitrogens is 1. The number of carbonyl (C=O) groups excluding carboxylic acids is 1. The van der Waals surface area contributed by atoms with Crippen molar-refractivity contribution in [1.29, 1.82) is 0 Å². The number of amides is 1. The second-order valence-corrected chi connectivity index (χ2v) is 4.95. The van der Waals surface area contributed by atoms with Gasteiger partial charge in [-0.3, -0.25) is 4.79 Å². The van der Waals surface area contributed by atoms with Gasteiger partial charge in [0.25, 0.3) is 5.91 Å². The Morgan fingerprint density at radius 3 is 3.17 bits per heavy atom. The molecule has 6 heteroatoms. The topological polar surface area (TPSA) is 78.0 Å². The number of thioether (sulfide) groups is 1. The zero-order valence-corrected chi connectivity index (χ0v) is 10.7. The van der Waals surface area contributed by atoms with E-state index in [1.165, 1.54) is 0 Å². The van der Waals surface area contributed by atoms with Crippen molar-refractivity contribution in [3.63, 3.8) is 0 Å². The highest BCUT2D eigenvalue weighted by Gasteiger charge is 2.06. The van der Waals surface area contributed by atoms with Crippen LogP contribution in [0.25, 0.3) is 11.0 Å². The van der Waals surface area contributed by atoms with Crippen LogP contribution in [-0.4, -0.2) is 45.6 Å². The summed E-state index contributed by atoms with van der Waals surface area (Å²) in [5.41, 5.74) is 2.32. The fourth-order valence-electron chi connectivity index (χ4n) is 1.58. The van der Waals surface area contributed by atoms with Crippen molar-refractivity contribution in [3.05, 3.63) is 30.1 Å².